The molecule has 0 spiro atoms. The van der Waals surface area contributed by atoms with Gasteiger partial charge in [-0.1, -0.05) is 23.5 Å². The zero-order valence-electron chi connectivity index (χ0n) is 11.9. The molecule has 0 bridgehead atoms. The number of fused-ring (bicyclic) bond motifs is 1. The van der Waals surface area contributed by atoms with Crippen LogP contribution in [0.4, 0.5) is 5.69 Å². The van der Waals surface area contributed by atoms with Crippen LogP contribution in [0.25, 0.3) is 10.2 Å². The molecule has 0 radical (unpaired) electrons. The molecule has 0 unspecified atom stereocenters. The number of hydrogen-bond acceptors (Lipinski definition) is 4. The molecule has 0 atom stereocenters. The summed E-state index contributed by atoms with van der Waals surface area (Å²) in [6.07, 6.45) is 0. The van der Waals surface area contributed by atoms with Gasteiger partial charge < -0.3 is 4.57 Å². The SMILES string of the molecule is Cn1c(=NC(=O)c2cccc([N+](=O)[O-])c2)sc2cccc(Br)c21. The molecule has 0 fully saturated rings. The maximum absolute atomic E-state index is 12.3. The Morgan fingerprint density at radius 1 is 1.30 bits per heavy atom. The summed E-state index contributed by atoms with van der Waals surface area (Å²) in [5.41, 5.74) is 1.01. The van der Waals surface area contributed by atoms with E-state index in [4.69, 9.17) is 0 Å². The van der Waals surface area contributed by atoms with E-state index in [1.807, 2.05) is 29.8 Å². The van der Waals surface area contributed by atoms with Crippen molar-refractivity contribution in [3.63, 3.8) is 0 Å². The summed E-state index contributed by atoms with van der Waals surface area (Å²) in [6.45, 7) is 0. The number of thiazole rings is 1. The van der Waals surface area contributed by atoms with E-state index >= 15 is 0 Å². The topological polar surface area (TPSA) is 77.5 Å². The van der Waals surface area contributed by atoms with E-state index in [0.717, 1.165) is 14.7 Å². The molecule has 0 saturated carbocycles. The van der Waals surface area contributed by atoms with Crippen molar-refractivity contribution in [2.75, 3.05) is 0 Å². The first-order valence-electron chi connectivity index (χ1n) is 6.55. The van der Waals surface area contributed by atoms with Gasteiger partial charge in [-0.3, -0.25) is 14.9 Å². The van der Waals surface area contributed by atoms with Crippen LogP contribution in [0.2, 0.25) is 0 Å². The minimum absolute atomic E-state index is 0.130. The number of aryl methyl sites for hydroxylation is 1. The van der Waals surface area contributed by atoms with Gasteiger partial charge in [0.25, 0.3) is 11.6 Å². The average Bonchev–Trinajstić information content (AvgIpc) is 2.85. The number of benzene rings is 2. The zero-order valence-corrected chi connectivity index (χ0v) is 14.3. The lowest BCUT2D eigenvalue weighted by Crippen LogP contribution is -2.13. The molecule has 3 aromatic rings. The highest BCUT2D eigenvalue weighted by atomic mass is 79.9. The normalized spacial score (nSPS) is 11.8. The molecule has 1 amide bonds. The first kappa shape index (κ1) is 15.6. The fourth-order valence-corrected chi connectivity index (χ4v) is 3.97. The van der Waals surface area contributed by atoms with Crippen LogP contribution in [0.15, 0.2) is 51.9 Å². The van der Waals surface area contributed by atoms with E-state index in [1.165, 1.54) is 35.6 Å². The third kappa shape index (κ3) is 2.95. The Bertz CT molecular complexity index is 1010. The van der Waals surface area contributed by atoms with Gasteiger partial charge in [0.2, 0.25) is 0 Å². The lowest BCUT2D eigenvalue weighted by molar-refractivity contribution is -0.384. The Morgan fingerprint density at radius 2 is 2.04 bits per heavy atom. The Morgan fingerprint density at radius 3 is 2.74 bits per heavy atom. The van der Waals surface area contributed by atoms with Crippen LogP contribution in [0.3, 0.4) is 0 Å². The van der Waals surface area contributed by atoms with Gasteiger partial charge in [0.05, 0.1) is 15.1 Å². The van der Waals surface area contributed by atoms with Gasteiger partial charge in [-0.2, -0.15) is 4.99 Å². The number of rotatable bonds is 2. The van der Waals surface area contributed by atoms with Crippen molar-refractivity contribution in [2.45, 2.75) is 0 Å². The van der Waals surface area contributed by atoms with Gasteiger partial charge in [0.15, 0.2) is 4.80 Å². The van der Waals surface area contributed by atoms with Gasteiger partial charge in [-0.15, -0.1) is 0 Å². The van der Waals surface area contributed by atoms with E-state index in [0.29, 0.717) is 4.80 Å². The van der Waals surface area contributed by atoms with Crippen LogP contribution in [-0.2, 0) is 7.05 Å². The predicted octanol–water partition coefficient (Wildman–Crippen LogP) is 3.65. The average molecular weight is 392 g/mol. The molecule has 2 aromatic carbocycles. The summed E-state index contributed by atoms with van der Waals surface area (Å²) in [5.74, 6) is -0.507. The molecule has 23 heavy (non-hydrogen) atoms. The molecule has 0 aliphatic heterocycles. The zero-order chi connectivity index (χ0) is 16.6. The van der Waals surface area contributed by atoms with Crippen LogP contribution in [-0.4, -0.2) is 15.4 Å². The Labute approximate surface area is 143 Å². The van der Waals surface area contributed by atoms with Crippen molar-refractivity contribution >= 4 is 49.1 Å². The maximum atomic E-state index is 12.3. The molecule has 116 valence electrons. The summed E-state index contributed by atoms with van der Waals surface area (Å²) in [6, 6.07) is 11.3. The van der Waals surface area contributed by atoms with Crippen molar-refractivity contribution in [3.8, 4) is 0 Å². The van der Waals surface area contributed by atoms with Gasteiger partial charge in [0, 0.05) is 29.2 Å². The number of aromatic nitrogens is 1. The van der Waals surface area contributed by atoms with Crippen LogP contribution in [0.1, 0.15) is 10.4 Å². The minimum Gasteiger partial charge on any atom is -0.318 e. The molecule has 3 rings (SSSR count). The molecule has 1 aromatic heterocycles. The minimum atomic E-state index is -0.534. The first-order valence-corrected chi connectivity index (χ1v) is 8.16. The number of nitrogens with zero attached hydrogens (tertiary/aromatic N) is 3. The lowest BCUT2D eigenvalue weighted by atomic mass is 10.2. The molecule has 0 aliphatic carbocycles. The van der Waals surface area contributed by atoms with Gasteiger partial charge in [-0.25, -0.2) is 0 Å². The van der Waals surface area contributed by atoms with Gasteiger partial charge >= 0.3 is 0 Å². The first-order chi connectivity index (χ1) is 11.0. The number of nitro benzene ring substituents is 1. The van der Waals surface area contributed by atoms with Crippen molar-refractivity contribution in [3.05, 3.63) is 67.4 Å². The molecule has 8 heteroatoms. The number of non-ortho nitro benzene ring substituents is 1. The van der Waals surface area contributed by atoms with E-state index in [2.05, 4.69) is 20.9 Å². The Kier molecular flexibility index (Phi) is 4.10. The summed E-state index contributed by atoms with van der Waals surface area (Å²) < 4.78 is 3.73. The lowest BCUT2D eigenvalue weighted by Gasteiger charge is -1.98. The van der Waals surface area contributed by atoms with Crippen LogP contribution in [0.5, 0.6) is 0 Å². The summed E-state index contributed by atoms with van der Waals surface area (Å²) in [4.78, 5) is 27.2. The highest BCUT2D eigenvalue weighted by Gasteiger charge is 2.12. The number of para-hydroxylation sites is 1. The fraction of sp³-hybridized carbons (Fsp3) is 0.0667. The molecule has 1 heterocycles. The highest BCUT2D eigenvalue weighted by Crippen LogP contribution is 2.25. The molecule has 6 nitrogen and oxygen atoms in total. The van der Waals surface area contributed by atoms with E-state index < -0.39 is 10.8 Å². The summed E-state index contributed by atoms with van der Waals surface area (Å²) >= 11 is 4.87. The van der Waals surface area contributed by atoms with Crippen LogP contribution < -0.4 is 4.80 Å². The quantitative estimate of drug-likeness (QED) is 0.493. The molecule has 0 saturated heterocycles. The largest absolute Gasteiger partial charge is 0.318 e. The van der Waals surface area contributed by atoms with Crippen molar-refractivity contribution in [2.24, 2.45) is 12.0 Å². The van der Waals surface area contributed by atoms with Crippen LogP contribution >= 0.6 is 27.3 Å². The highest BCUT2D eigenvalue weighted by molar-refractivity contribution is 9.10. The van der Waals surface area contributed by atoms with E-state index in [-0.39, 0.29) is 11.3 Å². The number of nitro groups is 1. The second-order valence-electron chi connectivity index (χ2n) is 4.75. The monoisotopic (exact) mass is 391 g/mol. The molecular formula is C15H10BrN3O3S. The van der Waals surface area contributed by atoms with Crippen molar-refractivity contribution < 1.29 is 9.72 Å². The molecule has 0 aliphatic rings. The smallest absolute Gasteiger partial charge is 0.279 e. The van der Waals surface area contributed by atoms with Gasteiger partial charge in [0.1, 0.15) is 0 Å². The number of carbonyl (C=O) groups is 1. The van der Waals surface area contributed by atoms with E-state index in [1.54, 1.807) is 0 Å². The number of amides is 1. The summed E-state index contributed by atoms with van der Waals surface area (Å²) in [7, 11) is 1.82. The van der Waals surface area contributed by atoms with E-state index in [9.17, 15) is 14.9 Å². The molecule has 0 N–H and O–H groups in total. The Balaban J connectivity index is 2.10. The molecular weight excluding hydrogens is 382 g/mol. The third-order valence-corrected chi connectivity index (χ3v) is 5.01. The second-order valence-corrected chi connectivity index (χ2v) is 6.62. The maximum Gasteiger partial charge on any atom is 0.279 e. The van der Waals surface area contributed by atoms with Crippen molar-refractivity contribution in [1.82, 2.24) is 4.57 Å². The number of carbonyl (C=O) groups excluding carboxylic acids is 1. The van der Waals surface area contributed by atoms with Gasteiger partial charge in [-0.05, 0) is 34.1 Å². The Hall–Kier alpha value is -2.32. The van der Waals surface area contributed by atoms with Crippen LogP contribution in [0, 0.1) is 10.1 Å². The summed E-state index contributed by atoms with van der Waals surface area (Å²) in [5, 5.41) is 10.8. The number of halogens is 1. The second kappa shape index (κ2) is 6.05. The number of hydrogen-bond donors (Lipinski definition) is 0. The van der Waals surface area contributed by atoms with Crippen molar-refractivity contribution in [1.29, 1.82) is 0 Å². The predicted molar refractivity (Wildman–Crippen MR) is 91.5 cm³/mol. The third-order valence-electron chi connectivity index (χ3n) is 3.27. The standard InChI is InChI=1S/C15H10BrN3O3S/c1-18-13-11(16)6-3-7-12(13)23-15(18)17-14(20)9-4-2-5-10(8-9)19(21)22/h2-8H,1H3. The fourth-order valence-electron chi connectivity index (χ4n) is 2.17.